The van der Waals surface area contributed by atoms with Crippen LogP contribution in [0.5, 0.6) is 11.5 Å². The number of hydrogen-bond acceptors (Lipinski definition) is 6. The van der Waals surface area contributed by atoms with Gasteiger partial charge in [-0.05, 0) is 44.0 Å². The van der Waals surface area contributed by atoms with Crippen molar-refractivity contribution in [3.63, 3.8) is 0 Å². The van der Waals surface area contributed by atoms with Crippen LogP contribution in [-0.4, -0.2) is 57.4 Å². The number of benzene rings is 1. The molecule has 2 atom stereocenters. The SMILES string of the molecule is COC(=O)C1=C(CN2CCCCC2C)NC(=O)NC1c1ccc(OC)c(OC)c1. The fourth-order valence-corrected chi connectivity index (χ4v) is 3.97. The van der Waals surface area contributed by atoms with Crippen LogP contribution in [0.25, 0.3) is 0 Å². The van der Waals surface area contributed by atoms with Crippen molar-refractivity contribution in [3.05, 3.63) is 35.0 Å². The number of hydrogen-bond donors (Lipinski definition) is 2. The fraction of sp³-hybridized carbons (Fsp3) is 0.524. The lowest BCUT2D eigenvalue weighted by Gasteiger charge is -2.36. The first-order chi connectivity index (χ1) is 14.0. The molecule has 3 rings (SSSR count). The van der Waals surface area contributed by atoms with Gasteiger partial charge in [-0.2, -0.15) is 0 Å². The summed E-state index contributed by atoms with van der Waals surface area (Å²) in [5, 5.41) is 5.67. The quantitative estimate of drug-likeness (QED) is 0.709. The van der Waals surface area contributed by atoms with Crippen molar-refractivity contribution in [1.29, 1.82) is 0 Å². The molecule has 2 amide bonds. The maximum atomic E-state index is 12.7. The van der Waals surface area contributed by atoms with Crippen molar-refractivity contribution < 1.29 is 23.8 Å². The normalized spacial score (nSPS) is 22.6. The molecule has 1 saturated heterocycles. The minimum absolute atomic E-state index is 0.350. The Bertz CT molecular complexity index is 808. The monoisotopic (exact) mass is 403 g/mol. The number of nitrogens with one attached hydrogen (secondary N) is 2. The Hall–Kier alpha value is -2.74. The van der Waals surface area contributed by atoms with E-state index < -0.39 is 12.0 Å². The van der Waals surface area contributed by atoms with Crippen LogP contribution in [0.15, 0.2) is 29.5 Å². The molecule has 1 aromatic carbocycles. The number of ether oxygens (including phenoxy) is 3. The second-order valence-electron chi connectivity index (χ2n) is 7.34. The number of carbonyl (C=O) groups is 2. The molecule has 0 saturated carbocycles. The van der Waals surface area contributed by atoms with E-state index in [1.807, 2.05) is 6.07 Å². The average molecular weight is 403 g/mol. The van der Waals surface area contributed by atoms with E-state index in [4.69, 9.17) is 14.2 Å². The van der Waals surface area contributed by atoms with Crippen LogP contribution >= 0.6 is 0 Å². The van der Waals surface area contributed by atoms with Crippen molar-refractivity contribution >= 4 is 12.0 Å². The van der Waals surface area contributed by atoms with Gasteiger partial charge in [0.1, 0.15) is 0 Å². The molecule has 2 heterocycles. The minimum atomic E-state index is -0.647. The summed E-state index contributed by atoms with van der Waals surface area (Å²) in [5.74, 6) is 0.618. The van der Waals surface area contributed by atoms with Crippen LogP contribution < -0.4 is 20.1 Å². The zero-order valence-electron chi connectivity index (χ0n) is 17.4. The van der Waals surface area contributed by atoms with Gasteiger partial charge in [-0.25, -0.2) is 9.59 Å². The summed E-state index contributed by atoms with van der Waals surface area (Å²) in [6, 6.07) is 4.72. The van der Waals surface area contributed by atoms with E-state index in [0.29, 0.717) is 40.9 Å². The molecule has 8 heteroatoms. The number of piperidine rings is 1. The summed E-state index contributed by atoms with van der Waals surface area (Å²) in [4.78, 5) is 27.4. The molecule has 8 nitrogen and oxygen atoms in total. The Kier molecular flexibility index (Phi) is 6.64. The molecule has 0 bridgehead atoms. The van der Waals surface area contributed by atoms with Crippen molar-refractivity contribution in [1.82, 2.24) is 15.5 Å². The molecule has 0 radical (unpaired) electrons. The van der Waals surface area contributed by atoms with E-state index in [0.717, 1.165) is 19.4 Å². The number of urea groups is 1. The first-order valence-corrected chi connectivity index (χ1v) is 9.83. The highest BCUT2D eigenvalue weighted by molar-refractivity contribution is 5.95. The lowest BCUT2D eigenvalue weighted by molar-refractivity contribution is -0.136. The van der Waals surface area contributed by atoms with Gasteiger partial charge >= 0.3 is 12.0 Å². The number of esters is 1. The van der Waals surface area contributed by atoms with Crippen LogP contribution in [0, 0.1) is 0 Å². The highest BCUT2D eigenvalue weighted by atomic mass is 16.5. The number of likely N-dealkylation sites (tertiary alicyclic amines) is 1. The van der Waals surface area contributed by atoms with Crippen molar-refractivity contribution in [2.75, 3.05) is 34.4 Å². The third-order valence-electron chi connectivity index (χ3n) is 5.60. The van der Waals surface area contributed by atoms with Gasteiger partial charge in [-0.15, -0.1) is 0 Å². The number of amides is 2. The summed E-state index contributed by atoms with van der Waals surface area (Å²) >= 11 is 0. The Morgan fingerprint density at radius 1 is 1.17 bits per heavy atom. The third-order valence-corrected chi connectivity index (χ3v) is 5.60. The maximum absolute atomic E-state index is 12.7. The fourth-order valence-electron chi connectivity index (χ4n) is 3.97. The number of methoxy groups -OCH3 is 3. The second kappa shape index (κ2) is 9.17. The standard InChI is InChI=1S/C21H29N3O5/c1-13-7-5-6-10-24(13)12-15-18(20(25)29-4)19(23-21(26)22-15)14-8-9-16(27-2)17(11-14)28-3/h8-9,11,13,19H,5-7,10,12H2,1-4H3,(H2,22,23,26). The largest absolute Gasteiger partial charge is 0.493 e. The predicted molar refractivity (Wildman–Crippen MR) is 108 cm³/mol. The molecule has 0 aliphatic carbocycles. The summed E-state index contributed by atoms with van der Waals surface area (Å²) < 4.78 is 15.7. The first kappa shape index (κ1) is 21.0. The third kappa shape index (κ3) is 4.48. The van der Waals surface area contributed by atoms with E-state index >= 15 is 0 Å². The highest BCUT2D eigenvalue weighted by Gasteiger charge is 2.35. The van der Waals surface area contributed by atoms with E-state index in [1.165, 1.54) is 13.5 Å². The molecule has 0 aromatic heterocycles. The minimum Gasteiger partial charge on any atom is -0.493 e. The molecule has 1 aromatic rings. The zero-order valence-corrected chi connectivity index (χ0v) is 17.4. The number of carbonyl (C=O) groups excluding carboxylic acids is 2. The van der Waals surface area contributed by atoms with Crippen LogP contribution in [0.3, 0.4) is 0 Å². The molecular weight excluding hydrogens is 374 g/mol. The van der Waals surface area contributed by atoms with Crippen molar-refractivity contribution in [2.45, 2.75) is 38.3 Å². The second-order valence-corrected chi connectivity index (χ2v) is 7.34. The number of nitrogens with zero attached hydrogens (tertiary/aromatic N) is 1. The predicted octanol–water partition coefficient (Wildman–Crippen LogP) is 2.36. The lowest BCUT2D eigenvalue weighted by Crippen LogP contribution is -2.50. The Balaban J connectivity index is 2.02. The van der Waals surface area contributed by atoms with Gasteiger partial charge in [0, 0.05) is 18.3 Å². The van der Waals surface area contributed by atoms with Crippen LogP contribution in [0.1, 0.15) is 37.8 Å². The molecule has 2 N–H and O–H groups in total. The van der Waals surface area contributed by atoms with Gasteiger partial charge < -0.3 is 24.8 Å². The highest BCUT2D eigenvalue weighted by Crippen LogP contribution is 2.34. The van der Waals surface area contributed by atoms with E-state index in [-0.39, 0.29) is 6.03 Å². The van der Waals surface area contributed by atoms with Gasteiger partial charge in [-0.1, -0.05) is 12.5 Å². The number of rotatable bonds is 6. The molecule has 29 heavy (non-hydrogen) atoms. The smallest absolute Gasteiger partial charge is 0.338 e. The van der Waals surface area contributed by atoms with Crippen LogP contribution in [0.4, 0.5) is 4.79 Å². The van der Waals surface area contributed by atoms with Crippen molar-refractivity contribution in [2.24, 2.45) is 0 Å². The molecular formula is C21H29N3O5. The molecule has 2 aliphatic rings. The maximum Gasteiger partial charge on any atom is 0.338 e. The van der Waals surface area contributed by atoms with Gasteiger partial charge in [0.05, 0.1) is 32.9 Å². The van der Waals surface area contributed by atoms with Crippen molar-refractivity contribution in [3.8, 4) is 11.5 Å². The Morgan fingerprint density at radius 2 is 1.93 bits per heavy atom. The Morgan fingerprint density at radius 3 is 2.59 bits per heavy atom. The van der Waals surface area contributed by atoms with Gasteiger partial charge in [0.25, 0.3) is 0 Å². The molecule has 0 spiro atoms. The molecule has 2 aliphatic heterocycles. The van der Waals surface area contributed by atoms with E-state index in [1.54, 1.807) is 26.4 Å². The average Bonchev–Trinajstić information content (AvgIpc) is 2.74. The summed E-state index contributed by atoms with van der Waals surface area (Å²) in [6.45, 7) is 3.60. The zero-order chi connectivity index (χ0) is 21.0. The van der Waals surface area contributed by atoms with Gasteiger partial charge in [0.15, 0.2) is 11.5 Å². The first-order valence-electron chi connectivity index (χ1n) is 9.83. The summed E-state index contributed by atoms with van der Waals surface area (Å²) in [7, 11) is 4.45. The van der Waals surface area contributed by atoms with Crippen LogP contribution in [-0.2, 0) is 9.53 Å². The molecule has 158 valence electrons. The molecule has 2 unspecified atom stereocenters. The summed E-state index contributed by atoms with van der Waals surface area (Å²) in [6.07, 6.45) is 3.41. The summed E-state index contributed by atoms with van der Waals surface area (Å²) in [5.41, 5.74) is 1.69. The Labute approximate surface area is 171 Å². The van der Waals surface area contributed by atoms with Crippen LogP contribution in [0.2, 0.25) is 0 Å². The lowest BCUT2D eigenvalue weighted by atomic mass is 9.94. The van der Waals surface area contributed by atoms with E-state index in [9.17, 15) is 9.59 Å². The topological polar surface area (TPSA) is 89.1 Å². The van der Waals surface area contributed by atoms with Gasteiger partial charge in [0.2, 0.25) is 0 Å². The molecule has 1 fully saturated rings. The van der Waals surface area contributed by atoms with E-state index in [2.05, 4.69) is 22.5 Å². The van der Waals surface area contributed by atoms with Gasteiger partial charge in [-0.3, -0.25) is 4.90 Å².